The fourth-order valence-electron chi connectivity index (χ4n) is 3.77. The lowest BCUT2D eigenvalue weighted by atomic mass is 9.92. The minimum Gasteiger partial charge on any atom is -0.318 e. The molecule has 3 unspecified atom stereocenters. The number of amides is 1. The Morgan fingerprint density at radius 2 is 2.14 bits per heavy atom. The molecule has 1 aromatic rings. The van der Waals surface area contributed by atoms with E-state index in [9.17, 15) is 4.79 Å². The molecule has 114 valence electrons. The van der Waals surface area contributed by atoms with Gasteiger partial charge in [-0.15, -0.1) is 0 Å². The van der Waals surface area contributed by atoms with E-state index in [2.05, 4.69) is 60.3 Å². The van der Waals surface area contributed by atoms with Crippen molar-refractivity contribution in [1.29, 1.82) is 0 Å². The maximum Gasteiger partial charge on any atom is 0.238 e. The van der Waals surface area contributed by atoms with Crippen molar-refractivity contribution in [2.45, 2.75) is 32.5 Å². The Bertz CT molecular complexity index is 531. The largest absolute Gasteiger partial charge is 0.318 e. The summed E-state index contributed by atoms with van der Waals surface area (Å²) in [7, 11) is 2.16. The topological polar surface area (TPSA) is 35.6 Å². The first kappa shape index (κ1) is 14.5. The number of hydrogen-bond acceptors (Lipinski definition) is 3. The zero-order chi connectivity index (χ0) is 15.0. The summed E-state index contributed by atoms with van der Waals surface area (Å²) >= 11 is 0. The molecule has 2 saturated heterocycles. The quantitative estimate of drug-likeness (QED) is 0.900. The fourth-order valence-corrected chi connectivity index (χ4v) is 3.77. The average molecular weight is 287 g/mol. The molecule has 4 nitrogen and oxygen atoms in total. The molecule has 0 aromatic heterocycles. The van der Waals surface area contributed by atoms with Crippen molar-refractivity contribution >= 4 is 5.91 Å². The van der Waals surface area contributed by atoms with Crippen LogP contribution >= 0.6 is 0 Å². The van der Waals surface area contributed by atoms with Gasteiger partial charge in [-0.2, -0.15) is 0 Å². The minimum atomic E-state index is 0.0354. The van der Waals surface area contributed by atoms with Gasteiger partial charge in [-0.05, 0) is 38.4 Å². The van der Waals surface area contributed by atoms with Gasteiger partial charge in [0.05, 0.1) is 6.54 Å². The number of aryl methyl sites for hydroxylation is 1. The van der Waals surface area contributed by atoms with Gasteiger partial charge in [0.15, 0.2) is 0 Å². The van der Waals surface area contributed by atoms with E-state index in [1.807, 2.05) is 0 Å². The van der Waals surface area contributed by atoms with Crippen LogP contribution in [0.25, 0.3) is 0 Å². The number of benzene rings is 1. The predicted octanol–water partition coefficient (Wildman–Crippen LogP) is 1.77. The van der Waals surface area contributed by atoms with Crippen molar-refractivity contribution < 1.29 is 4.79 Å². The molecule has 0 radical (unpaired) electrons. The Balaban J connectivity index is 1.86. The zero-order valence-corrected chi connectivity index (χ0v) is 13.2. The summed E-state index contributed by atoms with van der Waals surface area (Å²) in [5.41, 5.74) is 2.44. The third kappa shape index (κ3) is 2.83. The number of rotatable bonds is 2. The van der Waals surface area contributed by atoms with Crippen LogP contribution in [0, 0.1) is 12.8 Å². The first-order valence-electron chi connectivity index (χ1n) is 7.86. The second-order valence-corrected chi connectivity index (χ2v) is 6.59. The molecule has 1 N–H and O–H groups in total. The van der Waals surface area contributed by atoms with Crippen LogP contribution in [0.3, 0.4) is 0 Å². The highest BCUT2D eigenvalue weighted by Crippen LogP contribution is 2.31. The van der Waals surface area contributed by atoms with Gasteiger partial charge < -0.3 is 9.80 Å². The molecular formula is C17H25N3O. The van der Waals surface area contributed by atoms with Crippen LogP contribution in [-0.4, -0.2) is 48.4 Å². The minimum absolute atomic E-state index is 0.0354. The highest BCUT2D eigenvalue weighted by atomic mass is 16.2. The van der Waals surface area contributed by atoms with Gasteiger partial charge in [-0.1, -0.05) is 36.8 Å². The molecule has 21 heavy (non-hydrogen) atoms. The van der Waals surface area contributed by atoms with Crippen LogP contribution in [0.1, 0.15) is 30.6 Å². The molecule has 2 heterocycles. The van der Waals surface area contributed by atoms with Crippen LogP contribution in [0.4, 0.5) is 0 Å². The van der Waals surface area contributed by atoms with Gasteiger partial charge in [0.25, 0.3) is 0 Å². The van der Waals surface area contributed by atoms with E-state index in [1.165, 1.54) is 11.1 Å². The summed E-state index contributed by atoms with van der Waals surface area (Å²) in [5, 5.41) is 3.39. The Hall–Kier alpha value is -1.39. The fraction of sp³-hybridized carbons (Fsp3) is 0.588. The summed E-state index contributed by atoms with van der Waals surface area (Å²) < 4.78 is 0. The molecule has 3 atom stereocenters. The predicted molar refractivity (Wildman–Crippen MR) is 83.8 cm³/mol. The molecule has 3 rings (SSSR count). The van der Waals surface area contributed by atoms with Gasteiger partial charge >= 0.3 is 0 Å². The van der Waals surface area contributed by atoms with Gasteiger partial charge in [0.2, 0.25) is 5.91 Å². The standard InChI is InChI=1S/C17H25N3O/c1-12-5-4-6-14(9-12)17-18-10-16(21)20(17)15-7-8-19(3)11-13(15)2/h4-6,9,13,15,17-18H,7-8,10-11H2,1-3H3. The summed E-state index contributed by atoms with van der Waals surface area (Å²) in [6.45, 7) is 6.95. The highest BCUT2D eigenvalue weighted by Gasteiger charge is 2.40. The molecular weight excluding hydrogens is 262 g/mol. The second kappa shape index (κ2) is 5.78. The van der Waals surface area contributed by atoms with Crippen LogP contribution in [0.2, 0.25) is 0 Å². The molecule has 2 fully saturated rings. The third-order valence-electron chi connectivity index (χ3n) is 4.79. The van der Waals surface area contributed by atoms with Gasteiger partial charge in [0, 0.05) is 12.6 Å². The molecule has 0 saturated carbocycles. The molecule has 2 aliphatic rings. The highest BCUT2D eigenvalue weighted by molar-refractivity contribution is 5.81. The number of nitrogens with zero attached hydrogens (tertiary/aromatic N) is 2. The lowest BCUT2D eigenvalue weighted by Crippen LogP contribution is -2.50. The zero-order valence-electron chi connectivity index (χ0n) is 13.2. The maximum atomic E-state index is 12.4. The van der Waals surface area contributed by atoms with Crippen LogP contribution in [-0.2, 0) is 4.79 Å². The van der Waals surface area contributed by atoms with E-state index in [-0.39, 0.29) is 12.1 Å². The normalized spacial score (nSPS) is 30.9. The monoisotopic (exact) mass is 287 g/mol. The second-order valence-electron chi connectivity index (χ2n) is 6.59. The number of carbonyl (C=O) groups excluding carboxylic acids is 1. The first-order chi connectivity index (χ1) is 10.1. The molecule has 0 bridgehead atoms. The van der Waals surface area contributed by atoms with E-state index in [1.54, 1.807) is 0 Å². The lowest BCUT2D eigenvalue weighted by Gasteiger charge is -2.42. The number of nitrogens with one attached hydrogen (secondary N) is 1. The van der Waals surface area contributed by atoms with Gasteiger partial charge in [-0.25, -0.2) is 0 Å². The molecule has 0 spiro atoms. The number of likely N-dealkylation sites (tertiary alicyclic amines) is 1. The molecule has 2 aliphatic heterocycles. The average Bonchev–Trinajstić information content (AvgIpc) is 2.81. The molecule has 1 amide bonds. The molecule has 1 aromatic carbocycles. The van der Waals surface area contributed by atoms with Gasteiger partial charge in [0.1, 0.15) is 6.17 Å². The summed E-state index contributed by atoms with van der Waals surface area (Å²) in [6, 6.07) is 8.82. The van der Waals surface area contributed by atoms with Crippen LogP contribution in [0.15, 0.2) is 24.3 Å². The summed E-state index contributed by atoms with van der Waals surface area (Å²) in [5.74, 6) is 0.753. The Morgan fingerprint density at radius 1 is 1.33 bits per heavy atom. The molecule has 4 heteroatoms. The number of carbonyl (C=O) groups is 1. The summed E-state index contributed by atoms with van der Waals surface area (Å²) in [6.07, 6.45) is 1.10. The number of piperidine rings is 1. The van der Waals surface area contributed by atoms with Crippen molar-refractivity contribution in [3.05, 3.63) is 35.4 Å². The Morgan fingerprint density at radius 3 is 2.86 bits per heavy atom. The first-order valence-corrected chi connectivity index (χ1v) is 7.86. The van der Waals surface area contributed by atoms with Gasteiger partial charge in [-0.3, -0.25) is 10.1 Å². The third-order valence-corrected chi connectivity index (χ3v) is 4.79. The smallest absolute Gasteiger partial charge is 0.238 e. The van der Waals surface area contributed by atoms with E-state index in [0.717, 1.165) is 19.5 Å². The van der Waals surface area contributed by atoms with Crippen molar-refractivity contribution in [3.63, 3.8) is 0 Å². The molecule has 0 aliphatic carbocycles. The SMILES string of the molecule is Cc1cccc(C2NCC(=O)N2C2CCN(C)CC2C)c1. The van der Waals surface area contributed by atoms with Crippen LogP contribution in [0.5, 0.6) is 0 Å². The maximum absolute atomic E-state index is 12.4. The van der Waals surface area contributed by atoms with E-state index in [4.69, 9.17) is 0 Å². The van der Waals surface area contributed by atoms with Crippen molar-refractivity contribution in [2.75, 3.05) is 26.7 Å². The van der Waals surface area contributed by atoms with Crippen molar-refractivity contribution in [2.24, 2.45) is 5.92 Å². The Kier molecular flexibility index (Phi) is 4.00. The van der Waals surface area contributed by atoms with Crippen LogP contribution < -0.4 is 5.32 Å². The summed E-state index contributed by atoms with van der Waals surface area (Å²) in [4.78, 5) is 16.9. The van der Waals surface area contributed by atoms with E-state index >= 15 is 0 Å². The Labute approximate surface area is 127 Å². The lowest BCUT2D eigenvalue weighted by molar-refractivity contribution is -0.132. The van der Waals surface area contributed by atoms with Crippen molar-refractivity contribution in [3.8, 4) is 0 Å². The number of hydrogen-bond donors (Lipinski definition) is 1. The van der Waals surface area contributed by atoms with E-state index < -0.39 is 0 Å². The van der Waals surface area contributed by atoms with Crippen molar-refractivity contribution in [1.82, 2.24) is 15.1 Å². The van der Waals surface area contributed by atoms with E-state index in [0.29, 0.717) is 18.5 Å².